The summed E-state index contributed by atoms with van der Waals surface area (Å²) in [5.74, 6) is 0.362. The molecule has 0 spiro atoms. The summed E-state index contributed by atoms with van der Waals surface area (Å²) < 4.78 is 40.6. The Kier molecular flexibility index (Phi) is 8.94. The summed E-state index contributed by atoms with van der Waals surface area (Å²) >= 11 is 2.35. The minimum absolute atomic E-state index is 0.0932. The van der Waals surface area contributed by atoms with Gasteiger partial charge in [-0.3, -0.25) is 15.0 Å². The first-order valence-corrected chi connectivity index (χ1v) is 16.2. The predicted molar refractivity (Wildman–Crippen MR) is 172 cm³/mol. The zero-order valence-corrected chi connectivity index (χ0v) is 26.1. The highest BCUT2D eigenvalue weighted by Gasteiger charge is 2.29. The number of fused-ring (bicyclic) bond motifs is 2. The molecule has 6 rings (SSSR count). The molecule has 238 valence electrons. The summed E-state index contributed by atoms with van der Waals surface area (Å²) in [4.78, 5) is 27.4. The fourth-order valence-electron chi connectivity index (χ4n) is 5.64. The van der Waals surface area contributed by atoms with Crippen molar-refractivity contribution >= 4 is 60.6 Å². The number of aryl methyl sites for hydroxylation is 2. The van der Waals surface area contributed by atoms with Crippen molar-refractivity contribution in [1.29, 1.82) is 5.26 Å². The quantitative estimate of drug-likeness (QED) is 0.150. The number of amides is 1. The lowest BCUT2D eigenvalue weighted by Crippen LogP contribution is -2.38. The van der Waals surface area contributed by atoms with Gasteiger partial charge in [-0.2, -0.15) is 18.4 Å². The third-order valence-corrected chi connectivity index (χ3v) is 9.70. The molecule has 46 heavy (non-hydrogen) atoms. The molecule has 0 saturated carbocycles. The number of carbonyl (C=O) groups is 1. The van der Waals surface area contributed by atoms with Gasteiger partial charge in [-0.25, -0.2) is 15.0 Å². The summed E-state index contributed by atoms with van der Waals surface area (Å²) in [5.41, 5.74) is 2.76. The van der Waals surface area contributed by atoms with Gasteiger partial charge in [-0.15, -0.1) is 22.7 Å². The fourth-order valence-corrected chi connectivity index (χ4v) is 7.42. The number of aromatic nitrogens is 4. The number of likely N-dealkylation sites (tertiary alicyclic amines) is 1. The van der Waals surface area contributed by atoms with E-state index in [0.717, 1.165) is 59.4 Å². The Hall–Kier alpha value is -4.52. The SMILES string of the molecule is C=CC(=O)Nc1nc(CCn2c(C#N)cc3cc(CN4CCC(Nc5ncnc6sc(CC(F)(F)F)cc56)CC4)c(O)cc32)cs1. The largest absolute Gasteiger partial charge is 0.508 e. The zero-order valence-electron chi connectivity index (χ0n) is 24.5. The Morgan fingerprint density at radius 1 is 1.22 bits per heavy atom. The molecule has 1 fully saturated rings. The van der Waals surface area contributed by atoms with Crippen molar-refractivity contribution in [2.45, 2.75) is 51.0 Å². The van der Waals surface area contributed by atoms with Gasteiger partial charge in [0.1, 0.15) is 34.5 Å². The first kappa shape index (κ1) is 31.5. The van der Waals surface area contributed by atoms with Gasteiger partial charge in [0.15, 0.2) is 5.13 Å². The third kappa shape index (κ3) is 7.14. The highest BCUT2D eigenvalue weighted by molar-refractivity contribution is 7.18. The number of carbonyl (C=O) groups excluding carboxylic acids is 1. The molecule has 3 N–H and O–H groups in total. The smallest absolute Gasteiger partial charge is 0.393 e. The molecule has 0 bridgehead atoms. The van der Waals surface area contributed by atoms with E-state index in [4.69, 9.17) is 0 Å². The Labute approximate surface area is 269 Å². The number of alkyl halides is 3. The second kappa shape index (κ2) is 13.1. The molecule has 0 unspecified atom stereocenters. The van der Waals surface area contributed by atoms with Gasteiger partial charge in [0.25, 0.3) is 0 Å². The number of piperidine rings is 1. The number of rotatable bonds is 10. The number of hydrogen-bond acceptors (Lipinski definition) is 10. The Morgan fingerprint density at radius 3 is 2.76 bits per heavy atom. The topological polar surface area (TPSA) is 132 Å². The maximum atomic E-state index is 12.9. The van der Waals surface area contributed by atoms with Crippen LogP contribution in [0.25, 0.3) is 21.1 Å². The highest BCUT2D eigenvalue weighted by atomic mass is 32.1. The average molecular weight is 667 g/mol. The minimum atomic E-state index is -4.28. The molecule has 1 aliphatic rings. The number of aromatic hydroxyl groups is 1. The van der Waals surface area contributed by atoms with Crippen LogP contribution in [0.4, 0.5) is 24.1 Å². The second-order valence-corrected chi connectivity index (χ2v) is 13.0. The molecule has 1 saturated heterocycles. The van der Waals surface area contributed by atoms with Crippen LogP contribution in [0.15, 0.2) is 48.6 Å². The summed E-state index contributed by atoms with van der Waals surface area (Å²) in [6.45, 7) is 5.94. The maximum Gasteiger partial charge on any atom is 0.393 e. The average Bonchev–Trinajstić information content (AvgIpc) is 3.73. The zero-order chi connectivity index (χ0) is 32.4. The lowest BCUT2D eigenvalue weighted by atomic mass is 10.0. The molecular weight excluding hydrogens is 638 g/mol. The third-order valence-electron chi connectivity index (χ3n) is 7.85. The Bertz CT molecular complexity index is 1950. The van der Waals surface area contributed by atoms with Gasteiger partial charge < -0.3 is 15.0 Å². The molecule has 1 amide bonds. The van der Waals surface area contributed by atoms with Crippen molar-refractivity contribution in [2.75, 3.05) is 23.7 Å². The van der Waals surface area contributed by atoms with Gasteiger partial charge >= 0.3 is 6.18 Å². The van der Waals surface area contributed by atoms with E-state index in [1.165, 1.54) is 29.8 Å². The van der Waals surface area contributed by atoms with Gasteiger partial charge in [-0.05, 0) is 37.1 Å². The Morgan fingerprint density at radius 2 is 2.02 bits per heavy atom. The number of anilines is 2. The first-order valence-electron chi connectivity index (χ1n) is 14.5. The summed E-state index contributed by atoms with van der Waals surface area (Å²) in [5, 5.41) is 30.6. The molecule has 5 aromatic rings. The second-order valence-electron chi connectivity index (χ2n) is 11.1. The van der Waals surface area contributed by atoms with Crippen LogP contribution in [0.1, 0.15) is 34.7 Å². The summed E-state index contributed by atoms with van der Waals surface area (Å²) in [7, 11) is 0. The molecule has 15 heteroatoms. The molecule has 0 radical (unpaired) electrons. The van der Waals surface area contributed by atoms with Gasteiger partial charge in [0.2, 0.25) is 5.91 Å². The number of thiophene rings is 1. The lowest BCUT2D eigenvalue weighted by Gasteiger charge is -2.32. The van der Waals surface area contributed by atoms with Crippen LogP contribution in [0, 0.1) is 11.3 Å². The summed E-state index contributed by atoms with van der Waals surface area (Å²) in [6, 6.07) is 9.30. The number of halogens is 3. The van der Waals surface area contributed by atoms with Crippen LogP contribution in [0.5, 0.6) is 5.75 Å². The van der Waals surface area contributed by atoms with Crippen molar-refractivity contribution in [3.63, 3.8) is 0 Å². The fraction of sp³-hybridized carbons (Fsp3) is 0.323. The number of benzene rings is 1. The van der Waals surface area contributed by atoms with E-state index in [-0.39, 0.29) is 22.6 Å². The first-order chi connectivity index (χ1) is 22.1. The van der Waals surface area contributed by atoms with Crippen molar-refractivity contribution in [3.05, 3.63) is 70.5 Å². The molecule has 1 aliphatic heterocycles. The standard InChI is InChI=1S/C31H29F3N8O2S2/c1-2-27(44)40-30-39-21(16-45-30)5-8-42-22(14-35)10-18-9-19(26(43)12-25(18)42)15-41-6-3-20(4-7-41)38-28-24-11-23(13-31(32,33)34)46-29(24)37-17-36-28/h2,9-12,16-17,20,43H,1,3-8,13,15H2,(H,36,37,38)(H,39,40,44). The van der Waals surface area contributed by atoms with Crippen LogP contribution < -0.4 is 10.6 Å². The highest BCUT2D eigenvalue weighted by Crippen LogP contribution is 2.34. The number of phenolic OH excluding ortho intramolecular Hbond substituents is 1. The van der Waals surface area contributed by atoms with E-state index in [2.05, 4.69) is 43.1 Å². The number of thiazole rings is 1. The molecule has 1 aromatic carbocycles. The number of phenols is 1. The molecule has 0 aliphatic carbocycles. The maximum absolute atomic E-state index is 12.9. The van der Waals surface area contributed by atoms with E-state index in [9.17, 15) is 28.3 Å². The number of nitrogens with one attached hydrogen (secondary N) is 2. The van der Waals surface area contributed by atoms with E-state index in [0.29, 0.717) is 46.4 Å². The summed E-state index contributed by atoms with van der Waals surface area (Å²) in [6.07, 6.45) is -0.600. The molecule has 0 atom stereocenters. The van der Waals surface area contributed by atoms with Crippen molar-refractivity contribution < 1.29 is 23.1 Å². The number of nitrogens with zero attached hydrogens (tertiary/aromatic N) is 6. The van der Waals surface area contributed by atoms with Crippen molar-refractivity contribution in [1.82, 2.24) is 24.4 Å². The van der Waals surface area contributed by atoms with Crippen LogP contribution in [-0.2, 0) is 30.7 Å². The van der Waals surface area contributed by atoms with Gasteiger partial charge in [0.05, 0.1) is 23.0 Å². The van der Waals surface area contributed by atoms with Crippen LogP contribution in [0.3, 0.4) is 0 Å². The van der Waals surface area contributed by atoms with E-state index >= 15 is 0 Å². The normalized spacial score (nSPS) is 14.5. The number of nitriles is 1. The predicted octanol–water partition coefficient (Wildman–Crippen LogP) is 6.23. The molecular formula is C31H29F3N8O2S2. The molecule has 5 heterocycles. The van der Waals surface area contributed by atoms with E-state index in [1.54, 1.807) is 6.07 Å². The molecule has 10 nitrogen and oxygen atoms in total. The minimum Gasteiger partial charge on any atom is -0.508 e. The Balaban J connectivity index is 1.08. The lowest BCUT2D eigenvalue weighted by molar-refractivity contribution is -0.126. The molecule has 4 aromatic heterocycles. The van der Waals surface area contributed by atoms with Gasteiger partial charge in [0, 0.05) is 65.9 Å². The monoisotopic (exact) mass is 666 g/mol. The van der Waals surface area contributed by atoms with E-state index in [1.807, 2.05) is 22.1 Å². The van der Waals surface area contributed by atoms with Crippen molar-refractivity contribution in [2.24, 2.45) is 0 Å². The van der Waals surface area contributed by atoms with Crippen LogP contribution >= 0.6 is 22.7 Å². The van der Waals surface area contributed by atoms with Crippen LogP contribution in [0.2, 0.25) is 0 Å². The van der Waals surface area contributed by atoms with Gasteiger partial charge in [-0.1, -0.05) is 6.58 Å². The van der Waals surface area contributed by atoms with Crippen LogP contribution in [-0.4, -0.2) is 60.7 Å². The number of hydrogen-bond donors (Lipinski definition) is 3. The van der Waals surface area contributed by atoms with E-state index < -0.39 is 12.6 Å². The van der Waals surface area contributed by atoms with Crippen molar-refractivity contribution in [3.8, 4) is 11.8 Å².